The number of hydrogen-bond acceptors (Lipinski definition) is 3. The van der Waals surface area contributed by atoms with Gasteiger partial charge < -0.3 is 4.74 Å². The van der Waals surface area contributed by atoms with Crippen molar-refractivity contribution in [3.05, 3.63) is 0 Å². The van der Waals surface area contributed by atoms with Crippen LogP contribution in [0.5, 0.6) is 0 Å². The van der Waals surface area contributed by atoms with Gasteiger partial charge in [-0.1, -0.05) is 0 Å². The van der Waals surface area contributed by atoms with E-state index in [0.717, 1.165) is 25.6 Å². The molecule has 1 atom stereocenters. The summed E-state index contributed by atoms with van der Waals surface area (Å²) in [5.74, 6) is 0.798. The summed E-state index contributed by atoms with van der Waals surface area (Å²) in [6.07, 6.45) is 3.07. The molecule has 0 aromatic heterocycles. The smallest absolute Gasteiger partial charge is 0.0867 e. The van der Waals surface area contributed by atoms with Gasteiger partial charge in [0.2, 0.25) is 0 Å². The first-order valence-corrected chi connectivity index (χ1v) is 4.61. The predicted octanol–water partition coefficient (Wildman–Crippen LogP) is 0.621. The molecule has 1 unspecified atom stereocenters. The molecule has 2 rings (SSSR count). The largest absolute Gasteiger partial charge is 0.375 e. The van der Waals surface area contributed by atoms with Gasteiger partial charge in [-0.15, -0.1) is 0 Å². The van der Waals surface area contributed by atoms with Crippen molar-refractivity contribution in [1.82, 2.24) is 4.90 Å². The highest BCUT2D eigenvalue weighted by atomic mass is 16.5. The number of nitriles is 1. The highest BCUT2D eigenvalue weighted by Gasteiger charge is 2.34. The van der Waals surface area contributed by atoms with Crippen molar-refractivity contribution in [3.8, 4) is 6.07 Å². The van der Waals surface area contributed by atoms with Crippen LogP contribution in [0.15, 0.2) is 0 Å². The summed E-state index contributed by atoms with van der Waals surface area (Å²) in [7, 11) is 0. The summed E-state index contributed by atoms with van der Waals surface area (Å²) in [5.41, 5.74) is 0. The zero-order valence-corrected chi connectivity index (χ0v) is 7.20. The third kappa shape index (κ3) is 1.77. The Balaban J connectivity index is 1.81. The lowest BCUT2D eigenvalue weighted by Crippen LogP contribution is -2.43. The summed E-state index contributed by atoms with van der Waals surface area (Å²) < 4.78 is 5.63. The maximum absolute atomic E-state index is 8.53. The van der Waals surface area contributed by atoms with Crippen LogP contribution in [0, 0.1) is 17.2 Å². The fraction of sp³-hybridized carbons (Fsp3) is 0.889. The van der Waals surface area contributed by atoms with Gasteiger partial charge in [-0.3, -0.25) is 4.90 Å². The van der Waals surface area contributed by atoms with Crippen LogP contribution in [0.1, 0.15) is 12.8 Å². The molecule has 0 aromatic carbocycles. The Hall–Kier alpha value is -0.590. The number of hydrogen-bond donors (Lipinski definition) is 0. The average Bonchev–Trinajstić information content (AvgIpc) is 2.88. The van der Waals surface area contributed by atoms with Gasteiger partial charge in [0.15, 0.2) is 0 Å². The molecule has 0 spiro atoms. The van der Waals surface area contributed by atoms with Crippen molar-refractivity contribution in [1.29, 1.82) is 5.26 Å². The molecular formula is C9H14N2O. The number of nitrogens with zero attached hydrogens (tertiary/aromatic N) is 2. The molecule has 1 saturated carbocycles. The molecule has 12 heavy (non-hydrogen) atoms. The third-order valence-electron chi connectivity index (χ3n) is 2.62. The van der Waals surface area contributed by atoms with E-state index in [4.69, 9.17) is 10.00 Å². The zero-order valence-electron chi connectivity index (χ0n) is 7.20. The quantitative estimate of drug-likeness (QED) is 0.564. The molecule has 2 fully saturated rings. The van der Waals surface area contributed by atoms with E-state index < -0.39 is 0 Å². The second-order valence-electron chi connectivity index (χ2n) is 3.64. The normalized spacial score (nSPS) is 31.4. The van der Waals surface area contributed by atoms with Gasteiger partial charge in [0.25, 0.3) is 0 Å². The molecule has 3 nitrogen and oxygen atoms in total. The number of rotatable bonds is 2. The SMILES string of the molecule is N#CCN1CCOC(C2CC2)C1. The first-order chi connectivity index (χ1) is 5.90. The Bertz CT molecular complexity index is 195. The molecule has 0 amide bonds. The minimum Gasteiger partial charge on any atom is -0.375 e. The first kappa shape index (κ1) is 8.03. The monoisotopic (exact) mass is 166 g/mol. The lowest BCUT2D eigenvalue weighted by molar-refractivity contribution is -0.0349. The first-order valence-electron chi connectivity index (χ1n) is 4.61. The highest BCUT2D eigenvalue weighted by molar-refractivity contribution is 4.88. The standard InChI is InChI=1S/C9H14N2O/c10-3-4-11-5-6-12-9(7-11)8-1-2-8/h8-9H,1-2,4-7H2. The molecule has 3 heteroatoms. The second kappa shape index (κ2) is 3.42. The van der Waals surface area contributed by atoms with E-state index in [1.165, 1.54) is 12.8 Å². The minimum atomic E-state index is 0.423. The van der Waals surface area contributed by atoms with Gasteiger partial charge >= 0.3 is 0 Å². The van der Waals surface area contributed by atoms with Gasteiger partial charge in [-0.05, 0) is 18.8 Å². The van der Waals surface area contributed by atoms with Crippen LogP contribution in [-0.4, -0.2) is 37.2 Å². The van der Waals surface area contributed by atoms with E-state index in [9.17, 15) is 0 Å². The Labute approximate surface area is 72.9 Å². The van der Waals surface area contributed by atoms with Crippen LogP contribution < -0.4 is 0 Å². The van der Waals surface area contributed by atoms with Crippen molar-refractivity contribution in [2.45, 2.75) is 18.9 Å². The Morgan fingerprint density at radius 2 is 2.33 bits per heavy atom. The molecule has 1 saturated heterocycles. The molecule has 1 aliphatic heterocycles. The van der Waals surface area contributed by atoms with Gasteiger partial charge in [0.1, 0.15) is 0 Å². The van der Waals surface area contributed by atoms with Crippen molar-refractivity contribution in [3.63, 3.8) is 0 Å². The van der Waals surface area contributed by atoms with Crippen LogP contribution >= 0.6 is 0 Å². The number of morpholine rings is 1. The van der Waals surface area contributed by atoms with Crippen LogP contribution in [0.4, 0.5) is 0 Å². The molecular weight excluding hydrogens is 152 g/mol. The maximum Gasteiger partial charge on any atom is 0.0867 e. The van der Waals surface area contributed by atoms with E-state index in [0.29, 0.717) is 12.6 Å². The summed E-state index contributed by atoms with van der Waals surface area (Å²) >= 11 is 0. The van der Waals surface area contributed by atoms with Crippen LogP contribution in [0.3, 0.4) is 0 Å². The van der Waals surface area contributed by atoms with Gasteiger partial charge in [0, 0.05) is 13.1 Å². The summed E-state index contributed by atoms with van der Waals surface area (Å²) in [5, 5.41) is 8.53. The Morgan fingerprint density at radius 1 is 1.50 bits per heavy atom. The zero-order chi connectivity index (χ0) is 8.39. The molecule has 2 aliphatic rings. The predicted molar refractivity (Wildman–Crippen MR) is 44.5 cm³/mol. The lowest BCUT2D eigenvalue weighted by Gasteiger charge is -2.31. The summed E-state index contributed by atoms with van der Waals surface area (Å²) in [6.45, 7) is 3.27. The minimum absolute atomic E-state index is 0.423. The molecule has 0 bridgehead atoms. The van der Waals surface area contributed by atoms with Crippen molar-refractivity contribution >= 4 is 0 Å². The second-order valence-corrected chi connectivity index (χ2v) is 3.64. The van der Waals surface area contributed by atoms with Gasteiger partial charge in [-0.25, -0.2) is 0 Å². The van der Waals surface area contributed by atoms with E-state index in [1.54, 1.807) is 0 Å². The Morgan fingerprint density at radius 3 is 3.00 bits per heavy atom. The fourth-order valence-corrected chi connectivity index (χ4v) is 1.73. The third-order valence-corrected chi connectivity index (χ3v) is 2.62. The van der Waals surface area contributed by atoms with Gasteiger partial charge in [-0.2, -0.15) is 5.26 Å². The van der Waals surface area contributed by atoms with Crippen molar-refractivity contribution in [2.24, 2.45) is 5.92 Å². The lowest BCUT2D eigenvalue weighted by atomic mass is 10.2. The van der Waals surface area contributed by atoms with Gasteiger partial charge in [0.05, 0.1) is 25.3 Å². The average molecular weight is 166 g/mol. The van der Waals surface area contributed by atoms with Crippen LogP contribution in [0.25, 0.3) is 0 Å². The number of ether oxygens (including phenoxy) is 1. The highest BCUT2D eigenvalue weighted by Crippen LogP contribution is 2.35. The summed E-state index contributed by atoms with van der Waals surface area (Å²) in [6, 6.07) is 2.19. The van der Waals surface area contributed by atoms with E-state index in [-0.39, 0.29) is 0 Å². The summed E-state index contributed by atoms with van der Waals surface area (Å²) in [4.78, 5) is 2.19. The van der Waals surface area contributed by atoms with E-state index >= 15 is 0 Å². The maximum atomic E-state index is 8.53. The molecule has 0 N–H and O–H groups in total. The van der Waals surface area contributed by atoms with Crippen LogP contribution in [-0.2, 0) is 4.74 Å². The molecule has 0 aromatic rings. The van der Waals surface area contributed by atoms with E-state index in [1.807, 2.05) is 0 Å². The van der Waals surface area contributed by atoms with E-state index in [2.05, 4.69) is 11.0 Å². The molecule has 1 heterocycles. The molecule has 1 aliphatic carbocycles. The molecule has 0 radical (unpaired) electrons. The topological polar surface area (TPSA) is 36.3 Å². The Kier molecular flexibility index (Phi) is 2.29. The fourth-order valence-electron chi connectivity index (χ4n) is 1.73. The van der Waals surface area contributed by atoms with Crippen LogP contribution in [0.2, 0.25) is 0 Å². The van der Waals surface area contributed by atoms with Crippen molar-refractivity contribution < 1.29 is 4.74 Å². The molecule has 66 valence electrons. The van der Waals surface area contributed by atoms with Crippen molar-refractivity contribution in [2.75, 3.05) is 26.2 Å².